The van der Waals surface area contributed by atoms with Gasteiger partial charge in [0.2, 0.25) is 11.8 Å². The van der Waals surface area contributed by atoms with Gasteiger partial charge < -0.3 is 19.5 Å². The summed E-state index contributed by atoms with van der Waals surface area (Å²) >= 11 is 0. The molecule has 0 radical (unpaired) electrons. The van der Waals surface area contributed by atoms with Crippen LogP contribution in [0.1, 0.15) is 44.8 Å². The molecule has 0 bridgehead atoms. The first-order valence-corrected chi connectivity index (χ1v) is 7.52. The van der Waals surface area contributed by atoms with Crippen molar-refractivity contribution in [1.82, 2.24) is 15.3 Å². The minimum absolute atomic E-state index is 0.0650. The Morgan fingerprint density at radius 1 is 1.14 bits per heavy atom. The quantitative estimate of drug-likeness (QED) is 0.633. The highest BCUT2D eigenvalue weighted by atomic mass is 16.5. The highest BCUT2D eigenvalue weighted by molar-refractivity contribution is 5.25. The molecule has 0 spiro atoms. The Labute approximate surface area is 127 Å². The standard InChI is InChI=1S/C15H27N3O3/c1-5-8-16-12(7-10-21-9-6-2)14-15(20-4)18-13(19-3)11-17-14/h11-12,16H,5-10H2,1-4H3. The van der Waals surface area contributed by atoms with Gasteiger partial charge in [0.1, 0.15) is 5.69 Å². The summed E-state index contributed by atoms with van der Waals surface area (Å²) in [6.07, 6.45) is 4.53. The number of hydrogen-bond donors (Lipinski definition) is 1. The van der Waals surface area contributed by atoms with Gasteiger partial charge in [0, 0.05) is 13.2 Å². The Morgan fingerprint density at radius 2 is 1.95 bits per heavy atom. The molecule has 0 aliphatic rings. The highest BCUT2D eigenvalue weighted by Crippen LogP contribution is 2.25. The summed E-state index contributed by atoms with van der Waals surface area (Å²) in [6, 6.07) is 0.0650. The van der Waals surface area contributed by atoms with Gasteiger partial charge in [-0.05, 0) is 25.8 Å². The summed E-state index contributed by atoms with van der Waals surface area (Å²) in [5, 5.41) is 3.47. The SMILES string of the molecule is CCCNC(CCOCCC)c1ncc(OC)nc1OC. The molecule has 1 aromatic rings. The van der Waals surface area contributed by atoms with E-state index in [0.29, 0.717) is 18.4 Å². The lowest BCUT2D eigenvalue weighted by Crippen LogP contribution is -2.25. The summed E-state index contributed by atoms with van der Waals surface area (Å²) in [5.74, 6) is 0.950. The third kappa shape index (κ3) is 5.85. The number of aromatic nitrogens is 2. The van der Waals surface area contributed by atoms with Gasteiger partial charge in [0.05, 0.1) is 26.5 Å². The van der Waals surface area contributed by atoms with Gasteiger partial charge in [-0.3, -0.25) is 0 Å². The van der Waals surface area contributed by atoms with Crippen LogP contribution in [0.4, 0.5) is 0 Å². The number of nitrogens with zero attached hydrogens (tertiary/aromatic N) is 2. The van der Waals surface area contributed by atoms with Gasteiger partial charge in [-0.15, -0.1) is 0 Å². The topological polar surface area (TPSA) is 65.5 Å². The Kier molecular flexibility index (Phi) is 8.69. The maximum Gasteiger partial charge on any atom is 0.240 e. The molecule has 6 heteroatoms. The Hall–Kier alpha value is -1.40. The molecular formula is C15H27N3O3. The predicted octanol–water partition coefficient (Wildman–Crippen LogP) is 2.35. The summed E-state index contributed by atoms with van der Waals surface area (Å²) in [5.41, 5.74) is 0.798. The third-order valence-corrected chi connectivity index (χ3v) is 3.02. The first-order valence-electron chi connectivity index (χ1n) is 7.52. The molecule has 21 heavy (non-hydrogen) atoms. The molecule has 0 saturated heterocycles. The van der Waals surface area contributed by atoms with Crippen molar-refractivity contribution in [3.63, 3.8) is 0 Å². The van der Waals surface area contributed by atoms with Gasteiger partial charge in [0.25, 0.3) is 0 Å². The Bertz CT molecular complexity index is 402. The number of hydrogen-bond acceptors (Lipinski definition) is 6. The van der Waals surface area contributed by atoms with Crippen LogP contribution in [0.25, 0.3) is 0 Å². The Morgan fingerprint density at radius 3 is 2.57 bits per heavy atom. The largest absolute Gasteiger partial charge is 0.480 e. The minimum atomic E-state index is 0.0650. The zero-order valence-corrected chi connectivity index (χ0v) is 13.5. The lowest BCUT2D eigenvalue weighted by Gasteiger charge is -2.19. The lowest BCUT2D eigenvalue weighted by atomic mass is 10.1. The number of nitrogens with one attached hydrogen (secondary N) is 1. The first kappa shape index (κ1) is 17.7. The number of rotatable bonds is 11. The van der Waals surface area contributed by atoms with Gasteiger partial charge >= 0.3 is 0 Å². The molecule has 0 fully saturated rings. The van der Waals surface area contributed by atoms with Crippen LogP contribution in [0.3, 0.4) is 0 Å². The number of methoxy groups -OCH3 is 2. The van der Waals surface area contributed by atoms with Crippen LogP contribution in [0.15, 0.2) is 6.20 Å². The third-order valence-electron chi connectivity index (χ3n) is 3.02. The second kappa shape index (κ2) is 10.3. The van der Waals surface area contributed by atoms with Crippen LogP contribution in [0.2, 0.25) is 0 Å². The van der Waals surface area contributed by atoms with Crippen molar-refractivity contribution in [3.05, 3.63) is 11.9 Å². The molecule has 1 aromatic heterocycles. The molecule has 1 atom stereocenters. The molecule has 0 aromatic carbocycles. The van der Waals surface area contributed by atoms with E-state index in [4.69, 9.17) is 14.2 Å². The molecule has 120 valence electrons. The maximum atomic E-state index is 5.58. The van der Waals surface area contributed by atoms with Crippen molar-refractivity contribution >= 4 is 0 Å². The zero-order chi connectivity index (χ0) is 15.5. The number of ether oxygens (including phenoxy) is 3. The molecule has 1 rings (SSSR count). The molecule has 1 heterocycles. The second-order valence-electron chi connectivity index (χ2n) is 4.71. The zero-order valence-electron chi connectivity index (χ0n) is 13.5. The highest BCUT2D eigenvalue weighted by Gasteiger charge is 2.19. The minimum Gasteiger partial charge on any atom is -0.480 e. The monoisotopic (exact) mass is 297 g/mol. The fourth-order valence-corrected chi connectivity index (χ4v) is 1.96. The molecule has 1 N–H and O–H groups in total. The Balaban J connectivity index is 2.80. The van der Waals surface area contributed by atoms with Crippen LogP contribution < -0.4 is 14.8 Å². The molecule has 0 aliphatic carbocycles. The van der Waals surface area contributed by atoms with E-state index in [1.807, 2.05) is 0 Å². The van der Waals surface area contributed by atoms with Crippen LogP contribution >= 0.6 is 0 Å². The normalized spacial score (nSPS) is 12.2. The predicted molar refractivity (Wildman–Crippen MR) is 81.9 cm³/mol. The van der Waals surface area contributed by atoms with Crippen molar-refractivity contribution < 1.29 is 14.2 Å². The van der Waals surface area contributed by atoms with Crippen molar-refractivity contribution in [3.8, 4) is 11.8 Å². The van der Waals surface area contributed by atoms with Gasteiger partial charge in [-0.1, -0.05) is 13.8 Å². The van der Waals surface area contributed by atoms with E-state index >= 15 is 0 Å². The van der Waals surface area contributed by atoms with E-state index in [-0.39, 0.29) is 6.04 Å². The van der Waals surface area contributed by atoms with Crippen molar-refractivity contribution in [2.24, 2.45) is 0 Å². The summed E-state index contributed by atoms with van der Waals surface area (Å²) in [7, 11) is 3.16. The molecule has 0 aliphatic heterocycles. The lowest BCUT2D eigenvalue weighted by molar-refractivity contribution is 0.123. The molecular weight excluding hydrogens is 270 g/mol. The molecule has 1 unspecified atom stereocenters. The van der Waals surface area contributed by atoms with Gasteiger partial charge in [-0.2, -0.15) is 4.98 Å². The molecule has 0 saturated carbocycles. The van der Waals surface area contributed by atoms with Crippen molar-refractivity contribution in [2.75, 3.05) is 34.0 Å². The average molecular weight is 297 g/mol. The van der Waals surface area contributed by atoms with E-state index < -0.39 is 0 Å². The van der Waals surface area contributed by atoms with E-state index in [2.05, 4.69) is 29.1 Å². The van der Waals surface area contributed by atoms with Crippen molar-refractivity contribution in [1.29, 1.82) is 0 Å². The van der Waals surface area contributed by atoms with Crippen LogP contribution in [-0.4, -0.2) is 43.9 Å². The van der Waals surface area contributed by atoms with Gasteiger partial charge in [0.15, 0.2) is 0 Å². The molecule has 6 nitrogen and oxygen atoms in total. The average Bonchev–Trinajstić information content (AvgIpc) is 2.53. The second-order valence-corrected chi connectivity index (χ2v) is 4.71. The van der Waals surface area contributed by atoms with Crippen LogP contribution in [0, 0.1) is 0 Å². The fourth-order valence-electron chi connectivity index (χ4n) is 1.96. The van der Waals surface area contributed by atoms with Crippen molar-refractivity contribution in [2.45, 2.75) is 39.2 Å². The van der Waals surface area contributed by atoms with Gasteiger partial charge in [-0.25, -0.2) is 4.98 Å². The maximum absolute atomic E-state index is 5.58. The summed E-state index contributed by atoms with van der Waals surface area (Å²) in [6.45, 7) is 6.62. The summed E-state index contributed by atoms with van der Waals surface area (Å²) < 4.78 is 16.0. The smallest absolute Gasteiger partial charge is 0.240 e. The molecule has 0 amide bonds. The van der Waals surface area contributed by atoms with E-state index in [1.165, 1.54) is 0 Å². The van der Waals surface area contributed by atoms with Crippen LogP contribution in [-0.2, 0) is 4.74 Å². The van der Waals surface area contributed by atoms with E-state index in [9.17, 15) is 0 Å². The first-order chi connectivity index (χ1) is 10.3. The van der Waals surface area contributed by atoms with E-state index in [0.717, 1.165) is 38.1 Å². The van der Waals surface area contributed by atoms with E-state index in [1.54, 1.807) is 20.4 Å². The fraction of sp³-hybridized carbons (Fsp3) is 0.733. The summed E-state index contributed by atoms with van der Waals surface area (Å²) in [4.78, 5) is 8.74. The van der Waals surface area contributed by atoms with Crippen LogP contribution in [0.5, 0.6) is 11.8 Å².